The minimum Gasteiger partial charge on any atom is -0.382 e. The lowest BCUT2D eigenvalue weighted by Gasteiger charge is -2.27. The van der Waals surface area contributed by atoms with E-state index in [1.807, 2.05) is 4.90 Å². The molecule has 0 saturated heterocycles. The molecule has 0 N–H and O–H groups in total. The van der Waals surface area contributed by atoms with E-state index in [9.17, 15) is 4.79 Å². The minimum absolute atomic E-state index is 0.268. The maximum Gasteiger partial charge on any atom is 0.222 e. The van der Waals surface area contributed by atoms with Crippen LogP contribution in [0.1, 0.15) is 40.0 Å². The van der Waals surface area contributed by atoms with Gasteiger partial charge in [-0.1, -0.05) is 6.92 Å². The summed E-state index contributed by atoms with van der Waals surface area (Å²) >= 11 is 0. The number of hydrogen-bond acceptors (Lipinski definition) is 3. The van der Waals surface area contributed by atoms with Crippen molar-refractivity contribution in [3.8, 4) is 0 Å². The molecule has 0 bridgehead atoms. The number of ether oxygens (including phenoxy) is 2. The van der Waals surface area contributed by atoms with E-state index in [1.165, 1.54) is 6.42 Å². The van der Waals surface area contributed by atoms with Crippen molar-refractivity contribution >= 4 is 5.91 Å². The van der Waals surface area contributed by atoms with Crippen LogP contribution in [0.2, 0.25) is 0 Å². The molecular formula is C15H29NO3. The monoisotopic (exact) mass is 271 g/mol. The maximum absolute atomic E-state index is 12.2. The molecule has 19 heavy (non-hydrogen) atoms. The van der Waals surface area contributed by atoms with Crippen LogP contribution in [0, 0.1) is 11.8 Å². The smallest absolute Gasteiger partial charge is 0.222 e. The number of hydrogen-bond donors (Lipinski definition) is 0. The Morgan fingerprint density at radius 3 is 2.53 bits per heavy atom. The highest BCUT2D eigenvalue weighted by Crippen LogP contribution is 2.38. The summed E-state index contributed by atoms with van der Waals surface area (Å²) < 4.78 is 10.3. The maximum atomic E-state index is 12.2. The summed E-state index contributed by atoms with van der Waals surface area (Å²) in [5.41, 5.74) is 0. The second-order valence-corrected chi connectivity index (χ2v) is 5.82. The molecule has 112 valence electrons. The Kier molecular flexibility index (Phi) is 7.39. The van der Waals surface area contributed by atoms with Gasteiger partial charge in [0.05, 0.1) is 13.2 Å². The Labute approximate surface area is 117 Å². The molecule has 1 rings (SSSR count). The first-order valence-electron chi connectivity index (χ1n) is 7.42. The molecule has 4 nitrogen and oxygen atoms in total. The van der Waals surface area contributed by atoms with Crippen LogP contribution in [0.3, 0.4) is 0 Å². The molecule has 2 unspecified atom stereocenters. The highest BCUT2D eigenvalue weighted by molar-refractivity contribution is 5.76. The van der Waals surface area contributed by atoms with Crippen LogP contribution in [-0.4, -0.2) is 50.3 Å². The molecule has 0 aromatic heterocycles. The largest absolute Gasteiger partial charge is 0.382 e. The zero-order chi connectivity index (χ0) is 14.3. The first-order valence-corrected chi connectivity index (χ1v) is 7.42. The van der Waals surface area contributed by atoms with Gasteiger partial charge in [-0.15, -0.1) is 0 Å². The number of carbonyl (C=O) groups excluding carboxylic acids is 1. The van der Waals surface area contributed by atoms with Crippen LogP contribution in [0.25, 0.3) is 0 Å². The van der Waals surface area contributed by atoms with Crippen LogP contribution < -0.4 is 0 Å². The average Bonchev–Trinajstić information content (AvgIpc) is 3.06. The van der Waals surface area contributed by atoms with E-state index in [0.717, 1.165) is 24.8 Å². The Balaban J connectivity index is 2.17. The van der Waals surface area contributed by atoms with Crippen molar-refractivity contribution in [2.75, 3.05) is 33.5 Å². The van der Waals surface area contributed by atoms with Crippen LogP contribution in [0.15, 0.2) is 0 Å². The van der Waals surface area contributed by atoms with E-state index >= 15 is 0 Å². The zero-order valence-corrected chi connectivity index (χ0v) is 12.9. The second-order valence-electron chi connectivity index (χ2n) is 5.82. The highest BCUT2D eigenvalue weighted by atomic mass is 16.5. The van der Waals surface area contributed by atoms with E-state index in [-0.39, 0.29) is 5.91 Å². The summed E-state index contributed by atoms with van der Waals surface area (Å²) in [5.74, 6) is 1.79. The first kappa shape index (κ1) is 16.4. The Morgan fingerprint density at radius 1 is 1.32 bits per heavy atom. The SMILES string of the molecule is COCCOCCCC(=O)N(CC1CC1C)C(C)C. The molecule has 0 aliphatic heterocycles. The normalized spacial score (nSPS) is 21.7. The fraction of sp³-hybridized carbons (Fsp3) is 0.933. The van der Waals surface area contributed by atoms with Gasteiger partial charge in [0, 0.05) is 32.7 Å². The molecule has 0 heterocycles. The zero-order valence-electron chi connectivity index (χ0n) is 12.9. The predicted molar refractivity (Wildman–Crippen MR) is 76.0 cm³/mol. The molecule has 0 spiro atoms. The highest BCUT2D eigenvalue weighted by Gasteiger charge is 2.35. The molecule has 4 heteroatoms. The molecule has 1 aliphatic carbocycles. The predicted octanol–water partition coefficient (Wildman–Crippen LogP) is 2.32. The van der Waals surface area contributed by atoms with E-state index in [2.05, 4.69) is 20.8 Å². The van der Waals surface area contributed by atoms with Crippen molar-refractivity contribution in [1.29, 1.82) is 0 Å². The van der Waals surface area contributed by atoms with Crippen LogP contribution in [-0.2, 0) is 14.3 Å². The number of carbonyl (C=O) groups is 1. The van der Waals surface area contributed by atoms with Gasteiger partial charge in [0.15, 0.2) is 0 Å². The lowest BCUT2D eigenvalue weighted by Crippen LogP contribution is -2.38. The van der Waals surface area contributed by atoms with Crippen molar-refractivity contribution in [2.45, 2.75) is 46.1 Å². The van der Waals surface area contributed by atoms with Gasteiger partial charge in [0.2, 0.25) is 5.91 Å². The molecule has 2 atom stereocenters. The quantitative estimate of drug-likeness (QED) is 0.572. The van der Waals surface area contributed by atoms with Gasteiger partial charge in [-0.25, -0.2) is 0 Å². The van der Waals surface area contributed by atoms with Crippen molar-refractivity contribution < 1.29 is 14.3 Å². The molecule has 1 aliphatic rings. The Bertz CT molecular complexity index is 268. The lowest BCUT2D eigenvalue weighted by molar-refractivity contribution is -0.133. The van der Waals surface area contributed by atoms with Gasteiger partial charge in [0.25, 0.3) is 0 Å². The molecule has 0 radical (unpaired) electrons. The number of rotatable bonds is 10. The van der Waals surface area contributed by atoms with Gasteiger partial charge in [-0.3, -0.25) is 4.79 Å². The summed E-state index contributed by atoms with van der Waals surface area (Å²) in [6.07, 6.45) is 2.66. The molecular weight excluding hydrogens is 242 g/mol. The Morgan fingerprint density at radius 2 is 2.00 bits per heavy atom. The van der Waals surface area contributed by atoms with Gasteiger partial charge in [-0.2, -0.15) is 0 Å². The number of amides is 1. The number of methoxy groups -OCH3 is 1. The average molecular weight is 271 g/mol. The molecule has 1 fully saturated rings. The summed E-state index contributed by atoms with van der Waals surface area (Å²) in [6, 6.07) is 0.301. The van der Waals surface area contributed by atoms with E-state index in [4.69, 9.17) is 9.47 Å². The standard InChI is InChI=1S/C15H29NO3/c1-12(2)16(11-14-10-13(14)3)15(17)6-5-7-19-9-8-18-4/h12-14H,5-11H2,1-4H3. The third kappa shape index (κ3) is 6.39. The lowest BCUT2D eigenvalue weighted by atomic mass is 10.2. The summed E-state index contributed by atoms with van der Waals surface area (Å²) in [6.45, 7) is 9.25. The van der Waals surface area contributed by atoms with Crippen molar-refractivity contribution in [2.24, 2.45) is 11.8 Å². The first-order chi connectivity index (χ1) is 9.06. The summed E-state index contributed by atoms with van der Waals surface area (Å²) in [7, 11) is 1.66. The Hall–Kier alpha value is -0.610. The molecule has 0 aromatic rings. The second kappa shape index (κ2) is 8.54. The number of nitrogens with zero attached hydrogens (tertiary/aromatic N) is 1. The van der Waals surface area contributed by atoms with Gasteiger partial charge in [-0.05, 0) is 38.5 Å². The molecule has 1 amide bonds. The van der Waals surface area contributed by atoms with Gasteiger partial charge >= 0.3 is 0 Å². The van der Waals surface area contributed by atoms with Crippen molar-refractivity contribution in [3.05, 3.63) is 0 Å². The summed E-state index contributed by atoms with van der Waals surface area (Å²) in [5, 5.41) is 0. The minimum atomic E-state index is 0.268. The summed E-state index contributed by atoms with van der Waals surface area (Å²) in [4.78, 5) is 14.2. The fourth-order valence-electron chi connectivity index (χ4n) is 2.22. The van der Waals surface area contributed by atoms with Crippen LogP contribution >= 0.6 is 0 Å². The van der Waals surface area contributed by atoms with E-state index in [1.54, 1.807) is 7.11 Å². The molecule has 1 saturated carbocycles. The van der Waals surface area contributed by atoms with E-state index in [0.29, 0.717) is 32.3 Å². The third-order valence-electron chi connectivity index (χ3n) is 3.76. The topological polar surface area (TPSA) is 38.8 Å². The van der Waals surface area contributed by atoms with Crippen molar-refractivity contribution in [3.63, 3.8) is 0 Å². The molecule has 0 aromatic carbocycles. The van der Waals surface area contributed by atoms with Gasteiger partial charge in [0.1, 0.15) is 0 Å². The van der Waals surface area contributed by atoms with Crippen molar-refractivity contribution in [1.82, 2.24) is 4.90 Å². The van der Waals surface area contributed by atoms with Gasteiger partial charge < -0.3 is 14.4 Å². The van der Waals surface area contributed by atoms with Crippen LogP contribution in [0.4, 0.5) is 0 Å². The van der Waals surface area contributed by atoms with E-state index < -0.39 is 0 Å². The van der Waals surface area contributed by atoms with Crippen LogP contribution in [0.5, 0.6) is 0 Å². The fourth-order valence-corrected chi connectivity index (χ4v) is 2.22. The third-order valence-corrected chi connectivity index (χ3v) is 3.76.